The van der Waals surface area contributed by atoms with Crippen LogP contribution in [0.4, 0.5) is 0 Å². The minimum atomic E-state index is 0.0761. The summed E-state index contributed by atoms with van der Waals surface area (Å²) in [6, 6.07) is 3.98. The summed E-state index contributed by atoms with van der Waals surface area (Å²) in [5.41, 5.74) is 0. The molecule has 0 aliphatic heterocycles. The average Bonchev–Trinajstić information content (AvgIpc) is 3.12. The molecule has 1 heterocycles. The van der Waals surface area contributed by atoms with Gasteiger partial charge in [-0.05, 0) is 44.7 Å². The summed E-state index contributed by atoms with van der Waals surface area (Å²) in [6.45, 7) is 5.08. The minimum Gasteiger partial charge on any atom is -0.395 e. The molecule has 0 spiro atoms. The smallest absolute Gasteiger partial charge is 0.264 e. The van der Waals surface area contributed by atoms with E-state index in [4.69, 9.17) is 5.11 Å². The number of hydrogen-bond acceptors (Lipinski definition) is 3. The van der Waals surface area contributed by atoms with Crippen LogP contribution in [-0.4, -0.2) is 35.1 Å². The molecule has 1 aromatic heterocycles. The molecular weight excluding hydrogens is 270 g/mol. The Morgan fingerprint density at radius 3 is 2.85 bits per heavy atom. The highest BCUT2D eigenvalue weighted by molar-refractivity contribution is 7.14. The Morgan fingerprint density at radius 1 is 1.50 bits per heavy atom. The Labute approximate surface area is 124 Å². The first-order chi connectivity index (χ1) is 9.61. The number of rotatable bonds is 5. The first-order valence-electron chi connectivity index (χ1n) is 7.12. The standard InChI is InChI=1S/C16H21NO2S/c1-12(2)17(11-13-6-7-13)16(19)15-9-8-14(20-15)5-3-4-10-18/h8-9,12-13,18H,4,6-7,10-11H2,1-2H3. The SMILES string of the molecule is CC(C)N(CC1CC1)C(=O)c1ccc(C#CCCO)s1. The van der Waals surface area contributed by atoms with Crippen molar-refractivity contribution >= 4 is 17.2 Å². The Morgan fingerprint density at radius 2 is 2.25 bits per heavy atom. The van der Waals surface area contributed by atoms with Gasteiger partial charge in [-0.25, -0.2) is 0 Å². The molecule has 1 N–H and O–H groups in total. The minimum absolute atomic E-state index is 0.0761. The molecule has 4 heteroatoms. The van der Waals surface area contributed by atoms with Gasteiger partial charge in [0.15, 0.2) is 0 Å². The van der Waals surface area contributed by atoms with E-state index in [1.165, 1.54) is 24.2 Å². The molecule has 1 amide bonds. The molecule has 1 aliphatic rings. The monoisotopic (exact) mass is 291 g/mol. The molecule has 0 unspecified atom stereocenters. The van der Waals surface area contributed by atoms with Crippen LogP contribution in [-0.2, 0) is 0 Å². The van der Waals surface area contributed by atoms with Crippen molar-refractivity contribution < 1.29 is 9.90 Å². The van der Waals surface area contributed by atoms with Crippen LogP contribution < -0.4 is 0 Å². The number of amides is 1. The van der Waals surface area contributed by atoms with E-state index in [1.807, 2.05) is 17.0 Å². The molecule has 20 heavy (non-hydrogen) atoms. The summed E-state index contributed by atoms with van der Waals surface area (Å²) in [4.78, 5) is 16.2. The summed E-state index contributed by atoms with van der Waals surface area (Å²) < 4.78 is 0. The van der Waals surface area contributed by atoms with Crippen molar-refractivity contribution in [2.45, 2.75) is 39.2 Å². The van der Waals surface area contributed by atoms with E-state index < -0.39 is 0 Å². The van der Waals surface area contributed by atoms with E-state index in [0.717, 1.165) is 16.3 Å². The van der Waals surface area contributed by atoms with E-state index in [9.17, 15) is 4.79 Å². The number of thiophene rings is 1. The summed E-state index contributed by atoms with van der Waals surface area (Å²) >= 11 is 1.44. The number of aliphatic hydroxyl groups is 1. The van der Waals surface area contributed by atoms with Crippen LogP contribution in [0.3, 0.4) is 0 Å². The van der Waals surface area contributed by atoms with Crippen molar-refractivity contribution in [3.63, 3.8) is 0 Å². The van der Waals surface area contributed by atoms with Crippen molar-refractivity contribution in [3.05, 3.63) is 21.9 Å². The number of aliphatic hydroxyl groups excluding tert-OH is 1. The van der Waals surface area contributed by atoms with Gasteiger partial charge in [-0.15, -0.1) is 11.3 Å². The topological polar surface area (TPSA) is 40.5 Å². The second-order valence-corrected chi connectivity index (χ2v) is 6.52. The molecule has 0 aromatic carbocycles. The molecular formula is C16H21NO2S. The highest BCUT2D eigenvalue weighted by Gasteiger charge is 2.29. The van der Waals surface area contributed by atoms with Crippen LogP contribution in [0.25, 0.3) is 0 Å². The number of hydrogen-bond donors (Lipinski definition) is 1. The molecule has 108 valence electrons. The number of carbonyl (C=O) groups excluding carboxylic acids is 1. The molecule has 1 aromatic rings. The fraction of sp³-hybridized carbons (Fsp3) is 0.562. The third-order valence-corrected chi connectivity index (χ3v) is 4.29. The third kappa shape index (κ3) is 4.09. The van der Waals surface area contributed by atoms with Crippen molar-refractivity contribution in [1.29, 1.82) is 0 Å². The van der Waals surface area contributed by atoms with E-state index >= 15 is 0 Å². The van der Waals surface area contributed by atoms with Gasteiger partial charge in [0.25, 0.3) is 5.91 Å². The quantitative estimate of drug-likeness (QED) is 0.847. The molecule has 0 radical (unpaired) electrons. The van der Waals surface area contributed by atoms with E-state index in [0.29, 0.717) is 12.3 Å². The predicted octanol–water partition coefficient (Wildman–Crippen LogP) is 2.74. The van der Waals surface area contributed by atoms with Gasteiger partial charge in [0, 0.05) is 19.0 Å². The van der Waals surface area contributed by atoms with Crippen LogP contribution in [0.5, 0.6) is 0 Å². The van der Waals surface area contributed by atoms with Gasteiger partial charge in [0.2, 0.25) is 0 Å². The molecule has 0 saturated heterocycles. The summed E-state index contributed by atoms with van der Waals surface area (Å²) in [5, 5.41) is 8.70. The summed E-state index contributed by atoms with van der Waals surface area (Å²) in [6.07, 6.45) is 2.97. The average molecular weight is 291 g/mol. The largest absolute Gasteiger partial charge is 0.395 e. The van der Waals surface area contributed by atoms with E-state index in [2.05, 4.69) is 25.7 Å². The summed E-state index contributed by atoms with van der Waals surface area (Å²) in [5.74, 6) is 6.68. The number of carbonyl (C=O) groups is 1. The lowest BCUT2D eigenvalue weighted by atomic mass is 10.2. The first-order valence-corrected chi connectivity index (χ1v) is 7.94. The van der Waals surface area contributed by atoms with Crippen LogP contribution >= 0.6 is 11.3 Å². The van der Waals surface area contributed by atoms with Gasteiger partial charge in [-0.1, -0.05) is 11.8 Å². The second kappa shape index (κ2) is 6.92. The molecule has 3 nitrogen and oxygen atoms in total. The molecule has 0 atom stereocenters. The lowest BCUT2D eigenvalue weighted by Crippen LogP contribution is -2.38. The Bertz CT molecular complexity index is 520. The van der Waals surface area contributed by atoms with Crippen LogP contribution in [0.15, 0.2) is 12.1 Å². The third-order valence-electron chi connectivity index (χ3n) is 3.30. The van der Waals surface area contributed by atoms with Gasteiger partial charge in [0.1, 0.15) is 0 Å². The fourth-order valence-electron chi connectivity index (χ4n) is 1.97. The van der Waals surface area contributed by atoms with Crippen LogP contribution in [0.1, 0.15) is 47.7 Å². The van der Waals surface area contributed by atoms with Gasteiger partial charge in [0.05, 0.1) is 16.4 Å². The highest BCUT2D eigenvalue weighted by Crippen LogP contribution is 2.31. The van der Waals surface area contributed by atoms with Gasteiger partial charge >= 0.3 is 0 Å². The maximum atomic E-state index is 12.5. The zero-order valence-electron chi connectivity index (χ0n) is 12.1. The van der Waals surface area contributed by atoms with Crippen LogP contribution in [0.2, 0.25) is 0 Å². The molecule has 1 fully saturated rings. The normalized spacial score (nSPS) is 14.0. The van der Waals surface area contributed by atoms with Gasteiger partial charge in [-0.3, -0.25) is 4.79 Å². The predicted molar refractivity (Wildman–Crippen MR) is 81.8 cm³/mol. The van der Waals surface area contributed by atoms with Crippen molar-refractivity contribution in [3.8, 4) is 11.8 Å². The van der Waals surface area contributed by atoms with Crippen molar-refractivity contribution in [2.24, 2.45) is 5.92 Å². The van der Waals surface area contributed by atoms with E-state index in [1.54, 1.807) is 0 Å². The maximum absolute atomic E-state index is 12.5. The second-order valence-electron chi connectivity index (χ2n) is 5.43. The Hall–Kier alpha value is -1.31. The van der Waals surface area contributed by atoms with Gasteiger partial charge < -0.3 is 10.0 Å². The fourth-order valence-corrected chi connectivity index (χ4v) is 2.81. The molecule has 1 aliphatic carbocycles. The lowest BCUT2D eigenvalue weighted by Gasteiger charge is -2.26. The maximum Gasteiger partial charge on any atom is 0.264 e. The molecule has 0 bridgehead atoms. The number of nitrogens with zero attached hydrogens (tertiary/aromatic N) is 1. The van der Waals surface area contributed by atoms with Gasteiger partial charge in [-0.2, -0.15) is 0 Å². The van der Waals surface area contributed by atoms with Crippen molar-refractivity contribution in [1.82, 2.24) is 4.90 Å². The zero-order chi connectivity index (χ0) is 14.5. The first kappa shape index (κ1) is 15.1. The van der Waals surface area contributed by atoms with E-state index in [-0.39, 0.29) is 18.6 Å². The molecule has 1 saturated carbocycles. The Balaban J connectivity index is 2.05. The summed E-state index contributed by atoms with van der Waals surface area (Å²) in [7, 11) is 0. The molecule has 2 rings (SSSR count). The zero-order valence-corrected chi connectivity index (χ0v) is 12.9. The lowest BCUT2D eigenvalue weighted by molar-refractivity contribution is 0.0701. The van der Waals surface area contributed by atoms with Crippen LogP contribution in [0, 0.1) is 17.8 Å². The van der Waals surface area contributed by atoms with Crippen molar-refractivity contribution in [2.75, 3.05) is 13.2 Å². The Kier molecular flexibility index (Phi) is 5.22. The highest BCUT2D eigenvalue weighted by atomic mass is 32.1.